The highest BCUT2D eigenvalue weighted by atomic mass is 16.2. The highest BCUT2D eigenvalue weighted by molar-refractivity contribution is 5.92. The lowest BCUT2D eigenvalue weighted by molar-refractivity contribution is -0.130. The second-order valence-corrected chi connectivity index (χ2v) is 6.50. The maximum absolute atomic E-state index is 12.5. The van der Waals surface area contributed by atoms with Crippen LogP contribution in [0.4, 0.5) is 0 Å². The largest absolute Gasteiger partial charge is 0.345 e. The summed E-state index contributed by atoms with van der Waals surface area (Å²) in [6.45, 7) is 4.95. The van der Waals surface area contributed by atoms with E-state index in [0.29, 0.717) is 18.8 Å². The Morgan fingerprint density at radius 3 is 2.42 bits per heavy atom. The molecule has 6 heteroatoms. The van der Waals surface area contributed by atoms with Crippen LogP contribution in [-0.4, -0.2) is 45.1 Å². The van der Waals surface area contributed by atoms with Crippen LogP contribution in [0, 0.1) is 0 Å². The Balaban J connectivity index is 1.65. The molecular formula is C18H22N4O2. The van der Waals surface area contributed by atoms with E-state index in [4.69, 9.17) is 0 Å². The maximum atomic E-state index is 12.5. The van der Waals surface area contributed by atoms with Crippen molar-refractivity contribution in [2.45, 2.75) is 32.2 Å². The van der Waals surface area contributed by atoms with E-state index in [1.165, 1.54) is 0 Å². The first kappa shape index (κ1) is 16.2. The number of hydrogen-bond acceptors (Lipinski definition) is 3. The molecule has 1 N–H and O–H groups in total. The van der Waals surface area contributed by atoms with Gasteiger partial charge in [-0.3, -0.25) is 9.59 Å². The number of rotatable bonds is 3. The molecule has 1 aliphatic heterocycles. The average Bonchev–Trinajstić information content (AvgIpc) is 3.06. The molecule has 0 unspecified atom stereocenters. The normalized spacial score (nSPS) is 16.7. The molecule has 0 saturated carbocycles. The summed E-state index contributed by atoms with van der Waals surface area (Å²) in [5, 5.41) is 7.44. The summed E-state index contributed by atoms with van der Waals surface area (Å²) >= 11 is 0. The molecule has 24 heavy (non-hydrogen) atoms. The Hall–Kier alpha value is -2.63. The zero-order valence-corrected chi connectivity index (χ0v) is 14.0. The fourth-order valence-electron chi connectivity index (χ4n) is 2.95. The summed E-state index contributed by atoms with van der Waals surface area (Å²) in [6.07, 6.45) is 3.28. The van der Waals surface area contributed by atoms with Crippen molar-refractivity contribution in [1.82, 2.24) is 20.0 Å². The van der Waals surface area contributed by atoms with E-state index in [2.05, 4.69) is 10.4 Å². The van der Waals surface area contributed by atoms with E-state index < -0.39 is 0 Å². The van der Waals surface area contributed by atoms with Gasteiger partial charge in [0.05, 0.1) is 5.69 Å². The first-order valence-corrected chi connectivity index (χ1v) is 8.16. The molecule has 126 valence electrons. The number of piperidine rings is 1. The first-order valence-electron chi connectivity index (χ1n) is 8.16. The van der Waals surface area contributed by atoms with Crippen molar-refractivity contribution < 1.29 is 9.59 Å². The van der Waals surface area contributed by atoms with Crippen LogP contribution < -0.4 is 5.32 Å². The van der Waals surface area contributed by atoms with Crippen LogP contribution in [0.5, 0.6) is 0 Å². The number of carbonyl (C=O) groups excluding carboxylic acids is 2. The second-order valence-electron chi connectivity index (χ2n) is 6.50. The fourth-order valence-corrected chi connectivity index (χ4v) is 2.95. The topological polar surface area (TPSA) is 67.2 Å². The molecule has 1 saturated heterocycles. The van der Waals surface area contributed by atoms with Gasteiger partial charge >= 0.3 is 0 Å². The zero-order valence-electron chi connectivity index (χ0n) is 14.0. The van der Waals surface area contributed by atoms with Gasteiger partial charge in [0.25, 0.3) is 5.91 Å². The Morgan fingerprint density at radius 2 is 1.79 bits per heavy atom. The van der Waals surface area contributed by atoms with E-state index >= 15 is 0 Å². The molecule has 6 nitrogen and oxygen atoms in total. The summed E-state index contributed by atoms with van der Waals surface area (Å²) in [6, 6.07) is 11.4. The van der Waals surface area contributed by atoms with E-state index in [1.54, 1.807) is 23.9 Å². The van der Waals surface area contributed by atoms with E-state index in [0.717, 1.165) is 18.5 Å². The smallest absolute Gasteiger partial charge is 0.272 e. The molecule has 0 radical (unpaired) electrons. The first-order chi connectivity index (χ1) is 11.5. The van der Waals surface area contributed by atoms with Gasteiger partial charge < -0.3 is 10.2 Å². The number of carbonyl (C=O) groups is 2. The molecule has 0 spiro atoms. The lowest BCUT2D eigenvalue weighted by atomic mass is 9.89. The Labute approximate surface area is 141 Å². The van der Waals surface area contributed by atoms with Crippen molar-refractivity contribution in [2.75, 3.05) is 13.1 Å². The highest BCUT2D eigenvalue weighted by Gasteiger charge is 2.32. The van der Waals surface area contributed by atoms with Crippen LogP contribution in [0.1, 0.15) is 37.2 Å². The van der Waals surface area contributed by atoms with Gasteiger partial charge in [0.15, 0.2) is 5.69 Å². The second kappa shape index (κ2) is 6.47. The zero-order chi connectivity index (χ0) is 17.2. The van der Waals surface area contributed by atoms with Crippen molar-refractivity contribution >= 4 is 11.8 Å². The standard InChI is InChI=1S/C18H22N4O2/c1-14(23)21-12-9-18(2,10-13-21)19-17(24)16-8-11-22(20-16)15-6-4-3-5-7-15/h3-8,11H,9-10,12-13H2,1-2H3,(H,19,24). The number of para-hydroxylation sites is 1. The molecule has 3 rings (SSSR count). The lowest BCUT2D eigenvalue weighted by Gasteiger charge is -2.39. The Morgan fingerprint density at radius 1 is 1.12 bits per heavy atom. The maximum Gasteiger partial charge on any atom is 0.272 e. The van der Waals surface area contributed by atoms with Gasteiger partial charge in [-0.2, -0.15) is 5.10 Å². The Bertz CT molecular complexity index is 730. The third-order valence-electron chi connectivity index (χ3n) is 4.57. The summed E-state index contributed by atoms with van der Waals surface area (Å²) in [5.41, 5.74) is 1.01. The summed E-state index contributed by atoms with van der Waals surface area (Å²) < 4.78 is 1.69. The summed E-state index contributed by atoms with van der Waals surface area (Å²) in [7, 11) is 0. The Kier molecular flexibility index (Phi) is 4.38. The van der Waals surface area contributed by atoms with Crippen LogP contribution in [0.15, 0.2) is 42.6 Å². The van der Waals surface area contributed by atoms with Crippen LogP contribution in [0.2, 0.25) is 0 Å². The molecule has 2 amide bonds. The van der Waals surface area contributed by atoms with Crippen LogP contribution in [-0.2, 0) is 4.79 Å². The van der Waals surface area contributed by atoms with Crippen molar-refractivity contribution in [1.29, 1.82) is 0 Å². The van der Waals surface area contributed by atoms with Gasteiger partial charge in [-0.15, -0.1) is 0 Å². The predicted octanol–water partition coefficient (Wildman–Crippen LogP) is 2.00. The van der Waals surface area contributed by atoms with Crippen LogP contribution in [0.25, 0.3) is 5.69 Å². The SMILES string of the molecule is CC(=O)N1CCC(C)(NC(=O)c2ccn(-c3ccccc3)n2)CC1. The average molecular weight is 326 g/mol. The molecule has 1 aromatic heterocycles. The number of hydrogen-bond donors (Lipinski definition) is 1. The molecule has 2 heterocycles. The van der Waals surface area contributed by atoms with Gasteiger partial charge in [0.1, 0.15) is 0 Å². The van der Waals surface area contributed by atoms with Crippen LogP contribution in [0.3, 0.4) is 0 Å². The van der Waals surface area contributed by atoms with Crippen molar-refractivity contribution in [3.05, 3.63) is 48.3 Å². The van der Waals surface area contributed by atoms with E-state index in [-0.39, 0.29) is 17.4 Å². The molecular weight excluding hydrogens is 304 g/mol. The number of likely N-dealkylation sites (tertiary alicyclic amines) is 1. The van der Waals surface area contributed by atoms with Crippen molar-refractivity contribution in [3.8, 4) is 5.69 Å². The molecule has 0 aliphatic carbocycles. The third kappa shape index (κ3) is 3.48. The third-order valence-corrected chi connectivity index (χ3v) is 4.57. The fraction of sp³-hybridized carbons (Fsp3) is 0.389. The minimum atomic E-state index is -0.306. The number of aromatic nitrogens is 2. The molecule has 0 bridgehead atoms. The molecule has 1 fully saturated rings. The summed E-state index contributed by atoms with van der Waals surface area (Å²) in [4.78, 5) is 25.7. The van der Waals surface area contributed by atoms with E-state index in [9.17, 15) is 9.59 Å². The van der Waals surface area contributed by atoms with Crippen molar-refractivity contribution in [2.24, 2.45) is 0 Å². The minimum absolute atomic E-state index is 0.0879. The predicted molar refractivity (Wildman–Crippen MR) is 90.9 cm³/mol. The molecule has 1 aromatic carbocycles. The van der Waals surface area contributed by atoms with E-state index in [1.807, 2.05) is 42.2 Å². The molecule has 1 aliphatic rings. The number of benzene rings is 1. The highest BCUT2D eigenvalue weighted by Crippen LogP contribution is 2.22. The van der Waals surface area contributed by atoms with Crippen molar-refractivity contribution in [3.63, 3.8) is 0 Å². The monoisotopic (exact) mass is 326 g/mol. The molecule has 2 aromatic rings. The van der Waals surface area contributed by atoms with Gasteiger partial charge in [0, 0.05) is 31.7 Å². The molecule has 0 atom stereocenters. The number of amides is 2. The van der Waals surface area contributed by atoms with Gasteiger partial charge in [-0.25, -0.2) is 4.68 Å². The summed E-state index contributed by atoms with van der Waals surface area (Å²) in [5.74, 6) is -0.0894. The van der Waals surface area contributed by atoms with Gasteiger partial charge in [-0.1, -0.05) is 18.2 Å². The van der Waals surface area contributed by atoms with Crippen LogP contribution >= 0.6 is 0 Å². The van der Waals surface area contributed by atoms with Gasteiger partial charge in [-0.05, 0) is 38.0 Å². The number of nitrogens with one attached hydrogen (secondary N) is 1. The quantitative estimate of drug-likeness (QED) is 0.938. The lowest BCUT2D eigenvalue weighted by Crippen LogP contribution is -2.54. The van der Waals surface area contributed by atoms with Gasteiger partial charge in [0.2, 0.25) is 5.91 Å². The number of nitrogens with zero attached hydrogens (tertiary/aromatic N) is 3. The minimum Gasteiger partial charge on any atom is -0.345 e.